The molecule has 0 nitrogen and oxygen atoms in total. The maximum atomic E-state index is 2.32. The van der Waals surface area contributed by atoms with Crippen molar-refractivity contribution in [3.8, 4) is 0 Å². The molecule has 0 N–H and O–H groups in total. The standard InChI is InChI=1S/C21H45S/c1-4-7-10-13-16-19-22(20-17-14-11-8-5-2)21-18-15-12-9-6-3/h4-21H2,1-3H3/q+1. The second-order valence-electron chi connectivity index (χ2n) is 6.97. The van der Waals surface area contributed by atoms with Gasteiger partial charge in [-0.1, -0.05) is 78.6 Å². The van der Waals surface area contributed by atoms with E-state index in [0.717, 1.165) is 10.9 Å². The third kappa shape index (κ3) is 16.7. The van der Waals surface area contributed by atoms with Gasteiger partial charge in [0.15, 0.2) is 0 Å². The van der Waals surface area contributed by atoms with Crippen molar-refractivity contribution in [3.05, 3.63) is 0 Å². The Morgan fingerprint density at radius 2 is 0.636 bits per heavy atom. The van der Waals surface area contributed by atoms with Gasteiger partial charge in [0.25, 0.3) is 0 Å². The lowest BCUT2D eigenvalue weighted by Crippen LogP contribution is -2.17. The van der Waals surface area contributed by atoms with E-state index in [1.54, 1.807) is 17.3 Å². The van der Waals surface area contributed by atoms with Crippen LogP contribution in [0, 0.1) is 0 Å². The Kier molecular flexibility index (Phi) is 19.7. The first-order chi connectivity index (χ1) is 10.8. The van der Waals surface area contributed by atoms with Crippen molar-refractivity contribution in [3.63, 3.8) is 0 Å². The van der Waals surface area contributed by atoms with Gasteiger partial charge in [0.2, 0.25) is 0 Å². The topological polar surface area (TPSA) is 0 Å². The van der Waals surface area contributed by atoms with Crippen LogP contribution < -0.4 is 0 Å². The molecule has 0 aliphatic rings. The zero-order valence-electron chi connectivity index (χ0n) is 16.1. The normalized spacial score (nSPS) is 11.5. The van der Waals surface area contributed by atoms with Gasteiger partial charge >= 0.3 is 0 Å². The van der Waals surface area contributed by atoms with Crippen molar-refractivity contribution in [2.24, 2.45) is 0 Å². The molecule has 0 saturated carbocycles. The van der Waals surface area contributed by atoms with E-state index in [-0.39, 0.29) is 0 Å². The van der Waals surface area contributed by atoms with Crippen LogP contribution in [0.3, 0.4) is 0 Å². The van der Waals surface area contributed by atoms with Gasteiger partial charge in [-0.2, -0.15) is 0 Å². The predicted octanol–water partition coefficient (Wildman–Crippen LogP) is 7.52. The first kappa shape index (κ1) is 22.4. The molecule has 0 amide bonds. The first-order valence-corrected chi connectivity index (χ1v) is 12.2. The summed E-state index contributed by atoms with van der Waals surface area (Å²) in [5, 5.41) is 0. The van der Waals surface area contributed by atoms with Crippen molar-refractivity contribution < 1.29 is 0 Å². The molecule has 22 heavy (non-hydrogen) atoms. The van der Waals surface area contributed by atoms with E-state index in [0.29, 0.717) is 0 Å². The molecule has 0 unspecified atom stereocenters. The molecule has 0 spiro atoms. The number of unbranched alkanes of at least 4 members (excludes halogenated alkanes) is 12. The highest BCUT2D eigenvalue weighted by Gasteiger charge is 2.16. The number of hydrogen-bond donors (Lipinski definition) is 0. The molecule has 0 aromatic carbocycles. The van der Waals surface area contributed by atoms with E-state index in [2.05, 4.69) is 20.8 Å². The fourth-order valence-corrected chi connectivity index (χ4v) is 5.48. The lowest BCUT2D eigenvalue weighted by Gasteiger charge is -2.09. The van der Waals surface area contributed by atoms with Gasteiger partial charge in [0.05, 0.1) is 0 Å². The van der Waals surface area contributed by atoms with E-state index in [1.807, 2.05) is 0 Å². The Bertz CT molecular complexity index is 157. The second-order valence-corrected chi connectivity index (χ2v) is 9.42. The van der Waals surface area contributed by atoms with Crippen LogP contribution >= 0.6 is 0 Å². The van der Waals surface area contributed by atoms with Crippen LogP contribution in [0.1, 0.15) is 117 Å². The fraction of sp³-hybridized carbons (Fsp3) is 1.00. The highest BCUT2D eigenvalue weighted by molar-refractivity contribution is 7.96. The molecule has 0 bridgehead atoms. The van der Waals surface area contributed by atoms with Crippen LogP contribution in [0.25, 0.3) is 0 Å². The Morgan fingerprint density at radius 1 is 0.364 bits per heavy atom. The summed E-state index contributed by atoms with van der Waals surface area (Å²) in [6.45, 7) is 6.95. The minimum Gasteiger partial charge on any atom is -0.0654 e. The van der Waals surface area contributed by atoms with Gasteiger partial charge in [0, 0.05) is 0 Å². The highest BCUT2D eigenvalue weighted by atomic mass is 32.2. The summed E-state index contributed by atoms with van der Waals surface area (Å²) in [4.78, 5) is 0. The molecule has 0 saturated heterocycles. The van der Waals surface area contributed by atoms with Gasteiger partial charge < -0.3 is 0 Å². The minimum atomic E-state index is 0.759. The summed E-state index contributed by atoms with van der Waals surface area (Å²) in [5.41, 5.74) is 0. The van der Waals surface area contributed by atoms with Gasteiger partial charge in [-0.05, 0) is 49.4 Å². The summed E-state index contributed by atoms with van der Waals surface area (Å²) < 4.78 is 0. The van der Waals surface area contributed by atoms with E-state index in [4.69, 9.17) is 0 Å². The van der Waals surface area contributed by atoms with Crippen molar-refractivity contribution in [2.75, 3.05) is 17.3 Å². The maximum Gasteiger partial charge on any atom is 0.108 e. The molecule has 0 rings (SSSR count). The van der Waals surface area contributed by atoms with Crippen molar-refractivity contribution >= 4 is 10.9 Å². The molecule has 1 heteroatoms. The van der Waals surface area contributed by atoms with Gasteiger partial charge in [-0.25, -0.2) is 0 Å². The van der Waals surface area contributed by atoms with Gasteiger partial charge in [-0.3, -0.25) is 0 Å². The number of hydrogen-bond acceptors (Lipinski definition) is 0. The molecule has 0 atom stereocenters. The van der Waals surface area contributed by atoms with Crippen LogP contribution in [0.5, 0.6) is 0 Å². The second kappa shape index (κ2) is 19.4. The molecule has 0 fully saturated rings. The van der Waals surface area contributed by atoms with E-state index in [1.165, 1.54) is 96.3 Å². The van der Waals surface area contributed by atoms with Crippen LogP contribution in [-0.2, 0) is 10.9 Å². The largest absolute Gasteiger partial charge is 0.108 e. The molecule has 0 heterocycles. The Morgan fingerprint density at radius 3 is 0.909 bits per heavy atom. The minimum absolute atomic E-state index is 0.759. The molecular weight excluding hydrogens is 284 g/mol. The predicted molar refractivity (Wildman–Crippen MR) is 108 cm³/mol. The van der Waals surface area contributed by atoms with Crippen LogP contribution in [0.4, 0.5) is 0 Å². The molecule has 0 aliphatic carbocycles. The van der Waals surface area contributed by atoms with Crippen molar-refractivity contribution in [1.82, 2.24) is 0 Å². The Labute approximate surface area is 145 Å². The summed E-state index contributed by atoms with van der Waals surface area (Å²) >= 11 is 0. The molecule has 0 aromatic rings. The summed E-state index contributed by atoms with van der Waals surface area (Å²) in [6.07, 6.45) is 21.9. The van der Waals surface area contributed by atoms with E-state index < -0.39 is 0 Å². The third-order valence-electron chi connectivity index (χ3n) is 4.61. The summed E-state index contributed by atoms with van der Waals surface area (Å²) in [5.74, 6) is 4.64. The van der Waals surface area contributed by atoms with E-state index in [9.17, 15) is 0 Å². The molecule has 0 aliphatic heterocycles. The zero-order chi connectivity index (χ0) is 16.3. The average molecular weight is 330 g/mol. The van der Waals surface area contributed by atoms with Crippen molar-refractivity contribution in [1.29, 1.82) is 0 Å². The van der Waals surface area contributed by atoms with Gasteiger partial charge in [-0.15, -0.1) is 0 Å². The fourth-order valence-electron chi connectivity index (χ4n) is 3.04. The van der Waals surface area contributed by atoms with Gasteiger partial charge in [0.1, 0.15) is 17.3 Å². The van der Waals surface area contributed by atoms with Crippen LogP contribution in [0.15, 0.2) is 0 Å². The molecular formula is C21H45S+. The lowest BCUT2D eigenvalue weighted by atomic mass is 10.2. The monoisotopic (exact) mass is 329 g/mol. The van der Waals surface area contributed by atoms with Crippen LogP contribution in [-0.4, -0.2) is 17.3 Å². The van der Waals surface area contributed by atoms with Crippen LogP contribution in [0.2, 0.25) is 0 Å². The maximum absolute atomic E-state index is 2.32. The molecule has 134 valence electrons. The van der Waals surface area contributed by atoms with E-state index >= 15 is 0 Å². The molecule has 0 aromatic heterocycles. The average Bonchev–Trinajstić information content (AvgIpc) is 2.53. The Hall–Kier alpha value is 0.350. The first-order valence-electron chi connectivity index (χ1n) is 10.5. The SMILES string of the molecule is CCCCCCC[S+](CCCCCCC)CCCCCCC. The quantitative estimate of drug-likeness (QED) is 0.180. The highest BCUT2D eigenvalue weighted by Crippen LogP contribution is 2.13. The van der Waals surface area contributed by atoms with Crippen molar-refractivity contribution in [2.45, 2.75) is 117 Å². The summed E-state index contributed by atoms with van der Waals surface area (Å²) in [7, 11) is 0.759. The Balaban J connectivity index is 3.72. The summed E-state index contributed by atoms with van der Waals surface area (Å²) in [6, 6.07) is 0. The molecule has 0 radical (unpaired) electrons. The zero-order valence-corrected chi connectivity index (χ0v) is 17.0. The third-order valence-corrected chi connectivity index (χ3v) is 7.21. The number of rotatable bonds is 18. The lowest BCUT2D eigenvalue weighted by molar-refractivity contribution is 0.648. The smallest absolute Gasteiger partial charge is 0.0654 e.